The van der Waals surface area contributed by atoms with Gasteiger partial charge in [0.25, 0.3) is 5.91 Å². The highest BCUT2D eigenvalue weighted by Gasteiger charge is 2.21. The van der Waals surface area contributed by atoms with Crippen LogP contribution >= 0.6 is 34.9 Å². The largest absolute Gasteiger partial charge is 0.497 e. The van der Waals surface area contributed by atoms with Crippen molar-refractivity contribution in [3.63, 3.8) is 0 Å². The molecule has 1 aromatic carbocycles. The highest BCUT2D eigenvalue weighted by molar-refractivity contribution is 8.01. The molecule has 3 heterocycles. The summed E-state index contributed by atoms with van der Waals surface area (Å²) < 4.78 is 18.6. The van der Waals surface area contributed by atoms with Gasteiger partial charge in [0.05, 0.1) is 38.5 Å². The Balaban J connectivity index is 1.56. The summed E-state index contributed by atoms with van der Waals surface area (Å²) in [6.07, 6.45) is 1.42. The van der Waals surface area contributed by atoms with Crippen molar-refractivity contribution >= 4 is 51.8 Å². The van der Waals surface area contributed by atoms with E-state index in [1.165, 1.54) is 29.4 Å². The summed E-state index contributed by atoms with van der Waals surface area (Å²) in [5.74, 6) is 1.94. The molecule has 2 amide bonds. The van der Waals surface area contributed by atoms with Gasteiger partial charge >= 0.3 is 0 Å². The molecule has 12 nitrogen and oxygen atoms in total. The van der Waals surface area contributed by atoms with Gasteiger partial charge in [0, 0.05) is 6.07 Å². The van der Waals surface area contributed by atoms with Crippen LogP contribution in [-0.2, 0) is 11.3 Å². The Bertz CT molecular complexity index is 1360. The van der Waals surface area contributed by atoms with Crippen molar-refractivity contribution in [2.45, 2.75) is 23.0 Å². The van der Waals surface area contributed by atoms with Crippen molar-refractivity contribution in [3.05, 3.63) is 48.2 Å². The third kappa shape index (κ3) is 6.61. The maximum Gasteiger partial charge on any atom is 0.287 e. The normalized spacial score (nSPS) is 10.8. The lowest BCUT2D eigenvalue weighted by molar-refractivity contribution is -0.113. The molecule has 0 aliphatic carbocycles. The van der Waals surface area contributed by atoms with Gasteiger partial charge in [-0.3, -0.25) is 19.5 Å². The van der Waals surface area contributed by atoms with E-state index in [2.05, 4.69) is 31.0 Å². The number of rotatable bonds is 12. The zero-order valence-corrected chi connectivity index (χ0v) is 22.5. The smallest absolute Gasteiger partial charge is 0.287 e. The van der Waals surface area contributed by atoms with Crippen molar-refractivity contribution in [2.75, 3.05) is 31.0 Å². The molecule has 0 radical (unpaired) electrons. The standard InChI is InChI=1S/C22H23N7O5S3/c1-4-35-22-28-26-20(37-22)24-18(30)12-36-21-27-25-17(11-23-19(31)16-6-5-9-34-16)29(21)14-10-13(32-2)7-8-15(14)33-3/h5-10H,4,11-12H2,1-3H3,(H,23,31)(H,24,26,30). The van der Waals surface area contributed by atoms with Gasteiger partial charge in [-0.05, 0) is 30.0 Å². The first-order valence-electron chi connectivity index (χ1n) is 10.9. The zero-order chi connectivity index (χ0) is 26.2. The number of thioether (sulfide) groups is 2. The Hall–Kier alpha value is -3.56. The minimum atomic E-state index is -0.400. The lowest BCUT2D eigenvalue weighted by atomic mass is 10.2. The molecule has 37 heavy (non-hydrogen) atoms. The molecule has 0 unspecified atom stereocenters. The Labute approximate surface area is 224 Å². The number of nitrogens with zero attached hydrogens (tertiary/aromatic N) is 5. The topological polar surface area (TPSA) is 146 Å². The number of furan rings is 1. The van der Waals surface area contributed by atoms with Crippen molar-refractivity contribution in [3.8, 4) is 17.2 Å². The summed E-state index contributed by atoms with van der Waals surface area (Å²) >= 11 is 4.05. The van der Waals surface area contributed by atoms with Crippen LogP contribution in [0.5, 0.6) is 11.5 Å². The van der Waals surface area contributed by atoms with Crippen LogP contribution in [0.15, 0.2) is 50.5 Å². The number of carbonyl (C=O) groups excluding carboxylic acids is 2. The van der Waals surface area contributed by atoms with Crippen molar-refractivity contribution in [1.82, 2.24) is 30.3 Å². The second-order valence-corrected chi connectivity index (χ2v) is 10.5. The van der Waals surface area contributed by atoms with E-state index in [9.17, 15) is 9.59 Å². The molecule has 0 aliphatic rings. The Kier molecular flexibility index (Phi) is 9.03. The monoisotopic (exact) mass is 561 g/mol. The van der Waals surface area contributed by atoms with Crippen LogP contribution in [0.25, 0.3) is 5.69 Å². The molecule has 0 saturated heterocycles. The highest BCUT2D eigenvalue weighted by atomic mass is 32.2. The van der Waals surface area contributed by atoms with E-state index >= 15 is 0 Å². The second-order valence-electron chi connectivity index (χ2n) is 7.07. The molecule has 3 aromatic heterocycles. The molecule has 194 valence electrons. The SMILES string of the molecule is CCSc1nnc(NC(=O)CSc2nnc(CNC(=O)c3ccco3)n2-c2cc(OC)ccc2OC)s1. The molecule has 0 aliphatic heterocycles. The maximum absolute atomic E-state index is 12.6. The maximum atomic E-state index is 12.6. The number of aromatic nitrogens is 5. The first-order valence-corrected chi connectivity index (χ1v) is 13.7. The highest BCUT2D eigenvalue weighted by Crippen LogP contribution is 2.32. The van der Waals surface area contributed by atoms with E-state index < -0.39 is 5.91 Å². The number of benzene rings is 1. The van der Waals surface area contributed by atoms with Crippen LogP contribution < -0.4 is 20.1 Å². The summed E-state index contributed by atoms with van der Waals surface area (Å²) in [7, 11) is 3.10. The summed E-state index contributed by atoms with van der Waals surface area (Å²) in [5.41, 5.74) is 0.586. The number of carbonyl (C=O) groups is 2. The third-order valence-corrected chi connectivity index (χ3v) is 7.52. The average molecular weight is 562 g/mol. The van der Waals surface area contributed by atoms with Gasteiger partial charge in [-0.25, -0.2) is 0 Å². The van der Waals surface area contributed by atoms with E-state index in [-0.39, 0.29) is 24.0 Å². The Morgan fingerprint density at radius 1 is 1.11 bits per heavy atom. The van der Waals surface area contributed by atoms with Gasteiger partial charge in [0.15, 0.2) is 21.1 Å². The molecule has 4 rings (SSSR count). The van der Waals surface area contributed by atoms with Gasteiger partial charge in [0.2, 0.25) is 11.0 Å². The van der Waals surface area contributed by atoms with Crippen LogP contribution in [0.1, 0.15) is 23.3 Å². The summed E-state index contributed by atoms with van der Waals surface area (Å²) in [4.78, 5) is 25.0. The first kappa shape index (κ1) is 26.5. The zero-order valence-electron chi connectivity index (χ0n) is 20.1. The van der Waals surface area contributed by atoms with Crippen LogP contribution in [0, 0.1) is 0 Å². The Morgan fingerprint density at radius 3 is 2.70 bits per heavy atom. The molecule has 0 fully saturated rings. The number of hydrogen-bond donors (Lipinski definition) is 2. The summed E-state index contributed by atoms with van der Waals surface area (Å²) in [5, 5.41) is 22.9. The molecule has 0 spiro atoms. The van der Waals surface area contributed by atoms with E-state index in [0.29, 0.717) is 33.3 Å². The van der Waals surface area contributed by atoms with Crippen LogP contribution in [0.4, 0.5) is 5.13 Å². The minimum Gasteiger partial charge on any atom is -0.497 e. The van der Waals surface area contributed by atoms with E-state index in [1.54, 1.807) is 60.9 Å². The van der Waals surface area contributed by atoms with Crippen LogP contribution in [0.3, 0.4) is 0 Å². The minimum absolute atomic E-state index is 0.0407. The fraction of sp³-hybridized carbons (Fsp3) is 0.273. The number of ether oxygens (including phenoxy) is 2. The van der Waals surface area contributed by atoms with Gasteiger partial charge in [-0.15, -0.1) is 20.4 Å². The molecular formula is C22H23N7O5S3. The molecule has 2 N–H and O–H groups in total. The lowest BCUT2D eigenvalue weighted by Crippen LogP contribution is -2.24. The number of hydrogen-bond acceptors (Lipinski definition) is 12. The number of nitrogens with one attached hydrogen (secondary N) is 2. The van der Waals surface area contributed by atoms with E-state index in [4.69, 9.17) is 13.9 Å². The van der Waals surface area contributed by atoms with Gasteiger partial charge in [-0.2, -0.15) is 0 Å². The summed E-state index contributed by atoms with van der Waals surface area (Å²) in [6, 6.07) is 8.47. The lowest BCUT2D eigenvalue weighted by Gasteiger charge is -2.15. The number of methoxy groups -OCH3 is 2. The molecule has 0 atom stereocenters. The molecule has 15 heteroatoms. The van der Waals surface area contributed by atoms with E-state index in [0.717, 1.165) is 10.1 Å². The predicted molar refractivity (Wildman–Crippen MR) is 140 cm³/mol. The fourth-order valence-electron chi connectivity index (χ4n) is 3.10. The van der Waals surface area contributed by atoms with E-state index in [1.807, 2.05) is 6.92 Å². The van der Waals surface area contributed by atoms with Crippen molar-refractivity contribution in [1.29, 1.82) is 0 Å². The molecule has 0 saturated carbocycles. The fourth-order valence-corrected chi connectivity index (χ4v) is 5.53. The predicted octanol–water partition coefficient (Wildman–Crippen LogP) is 3.50. The van der Waals surface area contributed by atoms with Crippen molar-refractivity contribution < 1.29 is 23.5 Å². The van der Waals surface area contributed by atoms with Crippen molar-refractivity contribution in [2.24, 2.45) is 0 Å². The number of amides is 2. The number of anilines is 1. The quantitative estimate of drug-likeness (QED) is 0.193. The van der Waals surface area contributed by atoms with Gasteiger partial charge < -0.3 is 19.2 Å². The molecule has 4 aromatic rings. The van der Waals surface area contributed by atoms with Gasteiger partial charge in [-0.1, -0.05) is 41.8 Å². The summed E-state index contributed by atoms with van der Waals surface area (Å²) in [6.45, 7) is 2.06. The molecule has 0 bridgehead atoms. The molecular weight excluding hydrogens is 538 g/mol. The third-order valence-electron chi connectivity index (χ3n) is 4.73. The Morgan fingerprint density at radius 2 is 1.97 bits per heavy atom. The van der Waals surface area contributed by atoms with Crippen LogP contribution in [-0.4, -0.2) is 62.5 Å². The van der Waals surface area contributed by atoms with Gasteiger partial charge in [0.1, 0.15) is 11.5 Å². The first-order chi connectivity index (χ1) is 18.0. The van der Waals surface area contributed by atoms with Crippen LogP contribution in [0.2, 0.25) is 0 Å². The average Bonchev–Trinajstić information content (AvgIpc) is 3.67. The second kappa shape index (κ2) is 12.6.